The topological polar surface area (TPSA) is 64.6 Å². The molecular weight excluding hydrogens is 210 g/mol. The van der Waals surface area contributed by atoms with E-state index < -0.39 is 17.8 Å². The number of imide groups is 1. The molecule has 2 amide bonds. The van der Waals surface area contributed by atoms with Gasteiger partial charge in [-0.05, 0) is 46.5 Å². The van der Waals surface area contributed by atoms with Crippen molar-refractivity contribution in [1.82, 2.24) is 5.32 Å². The Hall–Kier alpha value is -1.26. The second kappa shape index (κ2) is 5.18. The van der Waals surface area contributed by atoms with E-state index in [1.165, 1.54) is 0 Å². The van der Waals surface area contributed by atoms with Gasteiger partial charge >= 0.3 is 12.2 Å². The summed E-state index contributed by atoms with van der Waals surface area (Å²) in [6.45, 7) is 5.19. The van der Waals surface area contributed by atoms with Gasteiger partial charge in [0.15, 0.2) is 0 Å². The lowest BCUT2D eigenvalue weighted by Gasteiger charge is -2.19. The van der Waals surface area contributed by atoms with Gasteiger partial charge in [0.25, 0.3) is 0 Å². The highest BCUT2D eigenvalue weighted by atomic mass is 16.6. The van der Waals surface area contributed by atoms with Crippen LogP contribution in [-0.4, -0.2) is 23.9 Å². The molecule has 0 aromatic heterocycles. The van der Waals surface area contributed by atoms with Gasteiger partial charge in [-0.2, -0.15) is 0 Å². The van der Waals surface area contributed by atoms with E-state index >= 15 is 0 Å². The van der Waals surface area contributed by atoms with E-state index in [4.69, 9.17) is 9.47 Å². The first-order valence-corrected chi connectivity index (χ1v) is 5.57. The fraction of sp³-hybridized carbons (Fsp3) is 0.818. The van der Waals surface area contributed by atoms with Crippen LogP contribution >= 0.6 is 0 Å². The number of carbonyl (C=O) groups is 2. The van der Waals surface area contributed by atoms with Gasteiger partial charge in [0.1, 0.15) is 11.7 Å². The van der Waals surface area contributed by atoms with Crippen LogP contribution in [-0.2, 0) is 9.47 Å². The average molecular weight is 229 g/mol. The SMILES string of the molecule is CC(C)(C)OC(=O)NC(=O)OC1CCCC1. The Kier molecular flexibility index (Phi) is 4.15. The van der Waals surface area contributed by atoms with Crippen molar-refractivity contribution in [1.29, 1.82) is 0 Å². The number of amides is 2. The third-order valence-electron chi connectivity index (χ3n) is 2.18. The van der Waals surface area contributed by atoms with Crippen LogP contribution in [0.5, 0.6) is 0 Å². The summed E-state index contributed by atoms with van der Waals surface area (Å²) in [6.07, 6.45) is 2.36. The van der Waals surface area contributed by atoms with Crippen molar-refractivity contribution in [2.45, 2.75) is 58.2 Å². The molecular formula is C11H19NO4. The molecule has 1 aliphatic carbocycles. The van der Waals surface area contributed by atoms with Crippen LogP contribution in [0.1, 0.15) is 46.5 Å². The summed E-state index contributed by atoms with van der Waals surface area (Å²) in [6, 6.07) is 0. The molecule has 16 heavy (non-hydrogen) atoms. The molecule has 1 fully saturated rings. The molecule has 0 aromatic carbocycles. The van der Waals surface area contributed by atoms with Crippen molar-refractivity contribution in [2.75, 3.05) is 0 Å². The van der Waals surface area contributed by atoms with Gasteiger partial charge in [-0.1, -0.05) is 0 Å². The number of nitrogens with one attached hydrogen (secondary N) is 1. The number of hydrogen-bond donors (Lipinski definition) is 1. The Labute approximate surface area is 95.5 Å². The second-order valence-electron chi connectivity index (χ2n) is 4.94. The molecule has 0 heterocycles. The minimum Gasteiger partial charge on any atom is -0.446 e. The molecule has 5 heteroatoms. The smallest absolute Gasteiger partial charge is 0.417 e. The zero-order chi connectivity index (χ0) is 12.2. The number of rotatable bonds is 1. The summed E-state index contributed by atoms with van der Waals surface area (Å²) in [7, 11) is 0. The van der Waals surface area contributed by atoms with E-state index in [-0.39, 0.29) is 6.10 Å². The van der Waals surface area contributed by atoms with Crippen molar-refractivity contribution in [3.05, 3.63) is 0 Å². The van der Waals surface area contributed by atoms with E-state index in [9.17, 15) is 9.59 Å². The highest BCUT2D eigenvalue weighted by Crippen LogP contribution is 2.20. The molecule has 0 unspecified atom stereocenters. The van der Waals surface area contributed by atoms with Crippen molar-refractivity contribution in [2.24, 2.45) is 0 Å². The van der Waals surface area contributed by atoms with Crippen molar-refractivity contribution >= 4 is 12.2 Å². The summed E-state index contributed by atoms with van der Waals surface area (Å²) >= 11 is 0. The molecule has 1 saturated carbocycles. The fourth-order valence-corrected chi connectivity index (χ4v) is 1.57. The van der Waals surface area contributed by atoms with E-state index in [0.717, 1.165) is 25.7 Å². The molecule has 0 aliphatic heterocycles. The standard InChI is InChI=1S/C11H19NO4/c1-11(2,3)16-10(14)12-9(13)15-8-6-4-5-7-8/h8H,4-7H2,1-3H3,(H,12,13,14). The first kappa shape index (κ1) is 12.8. The number of carbonyl (C=O) groups excluding carboxylic acids is 2. The Morgan fingerprint density at radius 3 is 2.19 bits per heavy atom. The third-order valence-corrected chi connectivity index (χ3v) is 2.18. The normalized spacial score (nSPS) is 16.9. The molecule has 0 spiro atoms. The summed E-state index contributed by atoms with van der Waals surface area (Å²) in [5.74, 6) is 0. The monoisotopic (exact) mass is 229 g/mol. The molecule has 0 bridgehead atoms. The zero-order valence-electron chi connectivity index (χ0n) is 10.0. The van der Waals surface area contributed by atoms with Crippen LogP contribution in [0, 0.1) is 0 Å². The molecule has 1 N–H and O–H groups in total. The molecule has 0 radical (unpaired) electrons. The van der Waals surface area contributed by atoms with E-state index in [1.54, 1.807) is 20.8 Å². The number of ether oxygens (including phenoxy) is 2. The summed E-state index contributed by atoms with van der Waals surface area (Å²) in [5.41, 5.74) is -0.613. The van der Waals surface area contributed by atoms with Crippen LogP contribution in [0.25, 0.3) is 0 Å². The van der Waals surface area contributed by atoms with E-state index in [1.807, 2.05) is 5.32 Å². The van der Waals surface area contributed by atoms with Crippen LogP contribution in [0.2, 0.25) is 0 Å². The maximum atomic E-state index is 11.3. The van der Waals surface area contributed by atoms with Gasteiger partial charge in [-0.15, -0.1) is 0 Å². The van der Waals surface area contributed by atoms with Gasteiger partial charge in [-0.25, -0.2) is 14.9 Å². The van der Waals surface area contributed by atoms with Crippen LogP contribution < -0.4 is 5.32 Å². The summed E-state index contributed by atoms with van der Waals surface area (Å²) < 4.78 is 9.97. The molecule has 92 valence electrons. The maximum Gasteiger partial charge on any atom is 0.417 e. The van der Waals surface area contributed by atoms with Crippen molar-refractivity contribution < 1.29 is 19.1 Å². The Morgan fingerprint density at radius 2 is 1.69 bits per heavy atom. The largest absolute Gasteiger partial charge is 0.446 e. The van der Waals surface area contributed by atoms with Gasteiger partial charge in [-0.3, -0.25) is 0 Å². The maximum absolute atomic E-state index is 11.3. The predicted octanol–water partition coefficient (Wildman–Crippen LogP) is 2.59. The molecule has 1 rings (SSSR count). The minimum atomic E-state index is -0.768. The summed E-state index contributed by atoms with van der Waals surface area (Å²) in [4.78, 5) is 22.5. The Morgan fingerprint density at radius 1 is 1.12 bits per heavy atom. The lowest BCUT2D eigenvalue weighted by Crippen LogP contribution is -2.37. The highest BCUT2D eigenvalue weighted by molar-refractivity contribution is 5.87. The van der Waals surface area contributed by atoms with Gasteiger partial charge in [0.05, 0.1) is 0 Å². The highest BCUT2D eigenvalue weighted by Gasteiger charge is 2.22. The van der Waals surface area contributed by atoms with Crippen LogP contribution in [0.3, 0.4) is 0 Å². The third kappa shape index (κ3) is 5.00. The van der Waals surface area contributed by atoms with Crippen molar-refractivity contribution in [3.8, 4) is 0 Å². The Balaban J connectivity index is 2.25. The van der Waals surface area contributed by atoms with Crippen LogP contribution in [0.4, 0.5) is 9.59 Å². The quantitative estimate of drug-likeness (QED) is 0.750. The number of hydrogen-bond acceptors (Lipinski definition) is 4. The van der Waals surface area contributed by atoms with E-state index in [0.29, 0.717) is 0 Å². The summed E-state index contributed by atoms with van der Waals surface area (Å²) in [5, 5.41) is 2.04. The average Bonchev–Trinajstić information content (AvgIpc) is 2.51. The second-order valence-corrected chi connectivity index (χ2v) is 4.94. The minimum absolute atomic E-state index is 0.0533. The fourth-order valence-electron chi connectivity index (χ4n) is 1.57. The van der Waals surface area contributed by atoms with Crippen LogP contribution in [0.15, 0.2) is 0 Å². The molecule has 0 aromatic rings. The van der Waals surface area contributed by atoms with Gasteiger partial charge in [0.2, 0.25) is 0 Å². The Bertz CT molecular complexity index is 264. The van der Waals surface area contributed by atoms with Gasteiger partial charge in [0, 0.05) is 0 Å². The molecule has 0 saturated heterocycles. The lowest BCUT2D eigenvalue weighted by molar-refractivity contribution is 0.0476. The van der Waals surface area contributed by atoms with E-state index in [2.05, 4.69) is 0 Å². The number of alkyl carbamates (subject to hydrolysis) is 2. The van der Waals surface area contributed by atoms with Gasteiger partial charge < -0.3 is 9.47 Å². The van der Waals surface area contributed by atoms with Crippen molar-refractivity contribution in [3.63, 3.8) is 0 Å². The predicted molar refractivity (Wildman–Crippen MR) is 58.1 cm³/mol. The molecule has 0 atom stereocenters. The molecule has 5 nitrogen and oxygen atoms in total. The zero-order valence-corrected chi connectivity index (χ0v) is 10.0. The molecule has 1 aliphatic rings. The lowest BCUT2D eigenvalue weighted by atomic mass is 10.2. The first-order chi connectivity index (χ1) is 7.37. The first-order valence-electron chi connectivity index (χ1n) is 5.57.